The number of nitrogens with one attached hydrogen (secondary N) is 2. The van der Waals surface area contributed by atoms with Crippen LogP contribution in [0.3, 0.4) is 0 Å². The van der Waals surface area contributed by atoms with Gasteiger partial charge in [0, 0.05) is 24.5 Å². The second kappa shape index (κ2) is 6.68. The van der Waals surface area contributed by atoms with E-state index >= 15 is 0 Å². The highest BCUT2D eigenvalue weighted by Gasteiger charge is 2.09. The van der Waals surface area contributed by atoms with Crippen molar-refractivity contribution in [2.45, 2.75) is 6.10 Å². The zero-order valence-electron chi connectivity index (χ0n) is 12.0. The monoisotopic (exact) mass is 304 g/mol. The maximum Gasteiger partial charge on any atom is 0.226 e. The second-order valence-corrected chi connectivity index (χ2v) is 4.77. The molecule has 1 unspecified atom stereocenters. The molecule has 1 aromatic carbocycles. The van der Waals surface area contributed by atoms with E-state index in [4.69, 9.17) is 22.9 Å². The Morgan fingerprint density at radius 1 is 0.909 bits per heavy atom. The van der Waals surface area contributed by atoms with Gasteiger partial charge in [0.1, 0.15) is 5.69 Å². The number of aromatic nitrogens is 2. The number of nitrogen functional groups attached to an aromatic ring is 4. The normalized spacial score (nSPS) is 11.9. The lowest BCUT2D eigenvalue weighted by molar-refractivity contribution is 0.200. The summed E-state index contributed by atoms with van der Waals surface area (Å²) in [6.45, 7) is 0.571. The van der Waals surface area contributed by atoms with E-state index in [1.54, 1.807) is 12.1 Å². The van der Waals surface area contributed by atoms with Gasteiger partial charge < -0.3 is 38.7 Å². The highest BCUT2D eigenvalue weighted by Crippen LogP contribution is 2.19. The van der Waals surface area contributed by atoms with Crippen molar-refractivity contribution in [2.24, 2.45) is 0 Å². The Morgan fingerprint density at radius 3 is 2.05 bits per heavy atom. The average molecular weight is 304 g/mol. The number of hydrogen-bond donors (Lipinski definition) is 7. The van der Waals surface area contributed by atoms with Gasteiger partial charge in [-0.1, -0.05) is 0 Å². The maximum absolute atomic E-state index is 9.93. The molecule has 1 aromatic heterocycles. The Hall–Kier alpha value is -2.94. The molecule has 9 nitrogen and oxygen atoms in total. The summed E-state index contributed by atoms with van der Waals surface area (Å²) in [5.41, 5.74) is 24.0. The molecule has 11 N–H and O–H groups in total. The van der Waals surface area contributed by atoms with Gasteiger partial charge in [-0.05, 0) is 24.3 Å². The van der Waals surface area contributed by atoms with Gasteiger partial charge >= 0.3 is 0 Å². The zero-order valence-corrected chi connectivity index (χ0v) is 12.0. The van der Waals surface area contributed by atoms with Gasteiger partial charge in [0.25, 0.3) is 0 Å². The minimum absolute atomic E-state index is 0.101. The fourth-order valence-electron chi connectivity index (χ4n) is 1.70. The summed E-state index contributed by atoms with van der Waals surface area (Å²) in [6, 6.07) is 7.22. The fraction of sp³-hybridized carbons (Fsp3) is 0.231. The van der Waals surface area contributed by atoms with Crippen molar-refractivity contribution < 1.29 is 5.11 Å². The fourth-order valence-corrected chi connectivity index (χ4v) is 1.70. The van der Waals surface area contributed by atoms with E-state index in [9.17, 15) is 5.11 Å². The van der Waals surface area contributed by atoms with Gasteiger partial charge in [-0.15, -0.1) is 0 Å². The number of aliphatic hydroxyl groups is 1. The molecule has 0 spiro atoms. The van der Waals surface area contributed by atoms with Gasteiger partial charge in [0.2, 0.25) is 5.95 Å². The molecule has 0 aliphatic carbocycles. The topological polar surface area (TPSA) is 174 Å². The van der Waals surface area contributed by atoms with Crippen molar-refractivity contribution in [1.29, 1.82) is 0 Å². The summed E-state index contributed by atoms with van der Waals surface area (Å²) in [6.07, 6.45) is -0.666. The van der Waals surface area contributed by atoms with Crippen molar-refractivity contribution in [1.82, 2.24) is 9.97 Å². The van der Waals surface area contributed by atoms with E-state index < -0.39 is 6.10 Å². The smallest absolute Gasteiger partial charge is 0.226 e. The molecule has 1 heterocycles. The summed E-state index contributed by atoms with van der Waals surface area (Å²) >= 11 is 0. The summed E-state index contributed by atoms with van der Waals surface area (Å²) in [7, 11) is 0. The van der Waals surface area contributed by atoms with Crippen molar-refractivity contribution in [3.63, 3.8) is 0 Å². The van der Waals surface area contributed by atoms with Crippen LogP contribution in [0.15, 0.2) is 24.3 Å². The molecule has 1 atom stereocenters. The van der Waals surface area contributed by atoms with E-state index in [0.717, 1.165) is 5.69 Å². The molecule has 0 aliphatic heterocycles. The lowest BCUT2D eigenvalue weighted by Crippen LogP contribution is -2.28. The summed E-state index contributed by atoms with van der Waals surface area (Å²) in [4.78, 5) is 7.88. The Balaban J connectivity index is 1.82. The molecule has 0 fully saturated rings. The Kier molecular flexibility index (Phi) is 4.69. The largest absolute Gasteiger partial charge is 0.399 e. The van der Waals surface area contributed by atoms with E-state index in [-0.39, 0.29) is 29.8 Å². The predicted molar refractivity (Wildman–Crippen MR) is 89.1 cm³/mol. The van der Waals surface area contributed by atoms with E-state index in [1.807, 2.05) is 12.1 Å². The molecule has 0 saturated carbocycles. The lowest BCUT2D eigenvalue weighted by Gasteiger charge is -2.14. The van der Waals surface area contributed by atoms with Crippen molar-refractivity contribution in [3.05, 3.63) is 24.3 Å². The van der Waals surface area contributed by atoms with Crippen LogP contribution in [0.25, 0.3) is 0 Å². The number of nitrogens with zero attached hydrogens (tertiary/aromatic N) is 2. The summed E-state index contributed by atoms with van der Waals surface area (Å²) in [5, 5.41) is 15.9. The molecule has 0 aliphatic rings. The molecule has 118 valence electrons. The lowest BCUT2D eigenvalue weighted by atomic mass is 10.2. The van der Waals surface area contributed by atoms with Crippen molar-refractivity contribution in [3.8, 4) is 0 Å². The molecular formula is C13H20N8O. The molecule has 0 bridgehead atoms. The zero-order chi connectivity index (χ0) is 16.1. The van der Waals surface area contributed by atoms with Crippen LogP contribution >= 0.6 is 0 Å². The van der Waals surface area contributed by atoms with E-state index in [2.05, 4.69) is 20.6 Å². The summed E-state index contributed by atoms with van der Waals surface area (Å²) < 4.78 is 0. The molecular weight excluding hydrogens is 284 g/mol. The van der Waals surface area contributed by atoms with Crippen LogP contribution in [0, 0.1) is 0 Å². The Bertz CT molecular complexity index is 607. The number of anilines is 6. The first-order chi connectivity index (χ1) is 10.5. The predicted octanol–water partition coefficient (Wildman–Crippen LogP) is -0.310. The van der Waals surface area contributed by atoms with Crippen molar-refractivity contribution >= 4 is 34.6 Å². The number of benzene rings is 1. The van der Waals surface area contributed by atoms with Crippen LogP contribution in [0.1, 0.15) is 0 Å². The van der Waals surface area contributed by atoms with Gasteiger partial charge in [0.05, 0.1) is 6.10 Å². The molecule has 2 rings (SSSR count). The van der Waals surface area contributed by atoms with E-state index in [1.165, 1.54) is 0 Å². The number of nitrogens with two attached hydrogens (primary N) is 4. The molecule has 0 saturated heterocycles. The second-order valence-electron chi connectivity index (χ2n) is 4.77. The standard InChI is InChI=1S/C13H20N8O/c14-7-1-3-8(4-2-7)18-5-9(22)6-19-13-20-11(16)10(15)12(17)21-13/h1-4,9,18,22H,5-6,14-15H2,(H5,16,17,19,20,21). The third-order valence-corrected chi connectivity index (χ3v) is 2.95. The highest BCUT2D eigenvalue weighted by atomic mass is 16.3. The minimum Gasteiger partial charge on any atom is -0.399 e. The maximum atomic E-state index is 9.93. The SMILES string of the molecule is Nc1ccc(NCC(O)CNc2nc(N)c(N)c(N)n2)cc1. The first-order valence-corrected chi connectivity index (χ1v) is 6.65. The first-order valence-electron chi connectivity index (χ1n) is 6.65. The van der Waals surface area contributed by atoms with Gasteiger partial charge in [0.15, 0.2) is 11.6 Å². The Labute approximate surface area is 127 Å². The Morgan fingerprint density at radius 2 is 1.45 bits per heavy atom. The molecule has 0 amide bonds. The van der Waals surface area contributed by atoms with Gasteiger partial charge in [-0.25, -0.2) is 0 Å². The molecule has 9 heteroatoms. The average Bonchev–Trinajstić information content (AvgIpc) is 2.50. The molecule has 2 aromatic rings. The van der Waals surface area contributed by atoms with Crippen LogP contribution in [0.2, 0.25) is 0 Å². The van der Waals surface area contributed by atoms with Crippen LogP contribution < -0.4 is 33.6 Å². The van der Waals surface area contributed by atoms with Crippen molar-refractivity contribution in [2.75, 3.05) is 46.7 Å². The number of aliphatic hydroxyl groups excluding tert-OH is 1. The van der Waals surface area contributed by atoms with Crippen LogP contribution in [0.4, 0.5) is 34.6 Å². The molecule has 0 radical (unpaired) electrons. The minimum atomic E-state index is -0.666. The quantitative estimate of drug-likeness (QED) is 0.353. The van der Waals surface area contributed by atoms with Crippen LogP contribution in [-0.2, 0) is 0 Å². The van der Waals surface area contributed by atoms with E-state index in [0.29, 0.717) is 12.2 Å². The third-order valence-electron chi connectivity index (χ3n) is 2.95. The van der Waals surface area contributed by atoms with Gasteiger partial charge in [-0.2, -0.15) is 9.97 Å². The highest BCUT2D eigenvalue weighted by molar-refractivity contribution is 5.72. The van der Waals surface area contributed by atoms with Crippen LogP contribution in [0.5, 0.6) is 0 Å². The number of rotatable bonds is 6. The number of hydrogen-bond acceptors (Lipinski definition) is 9. The first kappa shape index (κ1) is 15.4. The molecule has 22 heavy (non-hydrogen) atoms. The van der Waals surface area contributed by atoms with Gasteiger partial charge in [-0.3, -0.25) is 0 Å². The third kappa shape index (κ3) is 4.03. The van der Waals surface area contributed by atoms with Crippen LogP contribution in [-0.4, -0.2) is 34.3 Å². The summed E-state index contributed by atoms with van der Waals surface area (Å²) in [5.74, 6) is 0.421.